The van der Waals surface area contributed by atoms with Gasteiger partial charge in [0.05, 0.1) is 29.2 Å². The number of imide groups is 1. The lowest BCUT2D eigenvalue weighted by Crippen LogP contribution is -2.38. The van der Waals surface area contributed by atoms with Crippen LogP contribution in [0.3, 0.4) is 0 Å². The third-order valence-corrected chi connectivity index (χ3v) is 5.34. The maximum atomic E-state index is 13.0. The van der Waals surface area contributed by atoms with Gasteiger partial charge in [0.2, 0.25) is 11.8 Å². The van der Waals surface area contributed by atoms with Gasteiger partial charge in [-0.2, -0.15) is 0 Å². The molecule has 5 rings (SSSR count). The van der Waals surface area contributed by atoms with Crippen LogP contribution in [0.1, 0.15) is 6.92 Å². The van der Waals surface area contributed by atoms with E-state index in [0.29, 0.717) is 5.69 Å². The first-order chi connectivity index (χ1) is 11.1. The van der Waals surface area contributed by atoms with Crippen molar-refractivity contribution in [3.05, 3.63) is 54.6 Å². The number of rotatable bonds is 1. The molecule has 3 aliphatic rings. The Kier molecular flexibility index (Phi) is 2.31. The standard InChI is InChI=1S/C19H15NO3/c1-19-10-9-14(23-19)15-16(19)18(22)20(17(15)21)13-8-4-6-11-5-2-3-7-12(11)13/h2-10,14-16H,1H3/t14-,15+,16-,19+/m1/s1. The van der Waals surface area contributed by atoms with E-state index in [2.05, 4.69) is 0 Å². The first-order valence-electron chi connectivity index (χ1n) is 7.83. The summed E-state index contributed by atoms with van der Waals surface area (Å²) in [6, 6.07) is 13.5. The van der Waals surface area contributed by atoms with Gasteiger partial charge in [-0.1, -0.05) is 48.6 Å². The van der Waals surface area contributed by atoms with Crippen molar-refractivity contribution in [2.75, 3.05) is 4.90 Å². The van der Waals surface area contributed by atoms with E-state index in [1.165, 1.54) is 4.90 Å². The van der Waals surface area contributed by atoms with E-state index >= 15 is 0 Å². The molecule has 4 atom stereocenters. The maximum absolute atomic E-state index is 13.0. The van der Waals surface area contributed by atoms with Crippen LogP contribution in [0.25, 0.3) is 10.8 Å². The van der Waals surface area contributed by atoms with Crippen LogP contribution >= 0.6 is 0 Å². The topological polar surface area (TPSA) is 46.6 Å². The van der Waals surface area contributed by atoms with Crippen molar-refractivity contribution < 1.29 is 14.3 Å². The minimum absolute atomic E-state index is 0.144. The lowest BCUT2D eigenvalue weighted by atomic mass is 9.78. The van der Waals surface area contributed by atoms with Gasteiger partial charge in [-0.15, -0.1) is 0 Å². The fourth-order valence-corrected chi connectivity index (χ4v) is 4.29. The number of hydrogen-bond acceptors (Lipinski definition) is 3. The summed E-state index contributed by atoms with van der Waals surface area (Å²) in [5.41, 5.74) is 0.0250. The van der Waals surface area contributed by atoms with Crippen LogP contribution in [0.15, 0.2) is 54.6 Å². The summed E-state index contributed by atoms with van der Waals surface area (Å²) < 4.78 is 5.86. The molecule has 0 unspecified atom stereocenters. The molecule has 0 aromatic heterocycles. The van der Waals surface area contributed by atoms with E-state index in [1.807, 2.05) is 61.5 Å². The summed E-state index contributed by atoms with van der Waals surface area (Å²) in [5, 5.41) is 1.94. The third kappa shape index (κ3) is 1.49. The van der Waals surface area contributed by atoms with Crippen LogP contribution in [0.4, 0.5) is 5.69 Å². The number of ether oxygens (including phenoxy) is 1. The molecule has 2 amide bonds. The summed E-state index contributed by atoms with van der Waals surface area (Å²) in [6.07, 6.45) is 3.57. The third-order valence-electron chi connectivity index (χ3n) is 5.34. The minimum atomic E-state index is -0.651. The predicted octanol–water partition coefficient (Wildman–Crippen LogP) is 2.67. The molecule has 3 aliphatic heterocycles. The predicted molar refractivity (Wildman–Crippen MR) is 85.8 cm³/mol. The van der Waals surface area contributed by atoms with Crippen molar-refractivity contribution in [1.82, 2.24) is 0 Å². The number of carbonyl (C=O) groups excluding carboxylic acids is 2. The Morgan fingerprint density at radius 1 is 1.04 bits per heavy atom. The van der Waals surface area contributed by atoms with Gasteiger partial charge in [0.15, 0.2) is 0 Å². The van der Waals surface area contributed by atoms with E-state index in [1.54, 1.807) is 0 Å². The van der Waals surface area contributed by atoms with Crippen LogP contribution in [0.2, 0.25) is 0 Å². The Morgan fingerprint density at radius 2 is 1.83 bits per heavy atom. The molecule has 23 heavy (non-hydrogen) atoms. The number of carbonyl (C=O) groups is 2. The Bertz CT molecular complexity index is 897. The molecule has 0 N–H and O–H groups in total. The molecule has 2 saturated heterocycles. The van der Waals surface area contributed by atoms with Crippen LogP contribution in [0.5, 0.6) is 0 Å². The molecular formula is C19H15NO3. The summed E-state index contributed by atoms with van der Waals surface area (Å²) in [7, 11) is 0. The highest BCUT2D eigenvalue weighted by Crippen LogP contribution is 2.52. The van der Waals surface area contributed by atoms with Crippen molar-refractivity contribution in [1.29, 1.82) is 0 Å². The van der Waals surface area contributed by atoms with Crippen molar-refractivity contribution in [2.24, 2.45) is 11.8 Å². The molecule has 0 radical (unpaired) electrons. The lowest BCUT2D eigenvalue weighted by Gasteiger charge is -2.24. The zero-order valence-corrected chi connectivity index (χ0v) is 12.6. The summed E-state index contributed by atoms with van der Waals surface area (Å²) in [6.45, 7) is 1.89. The monoisotopic (exact) mass is 305 g/mol. The second kappa shape index (κ2) is 4.09. The summed E-state index contributed by atoms with van der Waals surface area (Å²) in [5.74, 6) is -1.10. The highest BCUT2D eigenvalue weighted by atomic mass is 16.5. The minimum Gasteiger partial charge on any atom is -0.362 e. The van der Waals surface area contributed by atoms with Crippen LogP contribution in [-0.4, -0.2) is 23.5 Å². The van der Waals surface area contributed by atoms with Gasteiger partial charge in [-0.05, 0) is 18.4 Å². The first kappa shape index (κ1) is 13.0. The molecule has 0 aliphatic carbocycles. The number of anilines is 1. The van der Waals surface area contributed by atoms with Crippen LogP contribution in [-0.2, 0) is 14.3 Å². The molecule has 0 saturated carbocycles. The summed E-state index contributed by atoms with van der Waals surface area (Å²) >= 11 is 0. The van der Waals surface area contributed by atoms with E-state index < -0.39 is 17.4 Å². The molecule has 2 fully saturated rings. The number of nitrogens with zero attached hydrogens (tertiary/aromatic N) is 1. The molecule has 114 valence electrons. The average Bonchev–Trinajstić information content (AvgIpc) is 3.16. The van der Waals surface area contributed by atoms with E-state index in [-0.39, 0.29) is 17.9 Å². The van der Waals surface area contributed by atoms with E-state index in [9.17, 15) is 9.59 Å². The Labute approximate surface area is 133 Å². The first-order valence-corrected chi connectivity index (χ1v) is 7.83. The smallest absolute Gasteiger partial charge is 0.241 e. The van der Waals surface area contributed by atoms with Gasteiger partial charge in [-0.25, -0.2) is 4.90 Å². The molecule has 2 aromatic carbocycles. The van der Waals surface area contributed by atoms with Gasteiger partial charge >= 0.3 is 0 Å². The molecular weight excluding hydrogens is 290 g/mol. The molecule has 3 heterocycles. The lowest BCUT2D eigenvalue weighted by molar-refractivity contribution is -0.126. The van der Waals surface area contributed by atoms with Gasteiger partial charge in [-0.3, -0.25) is 9.59 Å². The zero-order chi connectivity index (χ0) is 15.8. The number of fused-ring (bicyclic) bond motifs is 6. The Hall–Kier alpha value is -2.46. The Balaban J connectivity index is 1.68. The molecule has 2 bridgehead atoms. The van der Waals surface area contributed by atoms with Crippen LogP contribution < -0.4 is 4.90 Å². The number of amides is 2. The summed E-state index contributed by atoms with van der Waals surface area (Å²) in [4.78, 5) is 27.4. The van der Waals surface area contributed by atoms with Gasteiger partial charge in [0.1, 0.15) is 0 Å². The SMILES string of the molecule is C[C@@]12C=C[C@@H](O1)[C@@H]1C(=O)N(c3cccc4ccccc34)C(=O)[C@@H]12. The molecule has 4 heteroatoms. The van der Waals surface area contributed by atoms with E-state index in [4.69, 9.17) is 4.74 Å². The second-order valence-corrected chi connectivity index (χ2v) is 6.64. The zero-order valence-electron chi connectivity index (χ0n) is 12.6. The van der Waals surface area contributed by atoms with Gasteiger partial charge in [0.25, 0.3) is 0 Å². The normalized spacial score (nSPS) is 34.7. The quantitative estimate of drug-likeness (QED) is 0.601. The van der Waals surface area contributed by atoms with E-state index in [0.717, 1.165) is 10.8 Å². The maximum Gasteiger partial charge on any atom is 0.241 e. The molecule has 0 spiro atoms. The highest BCUT2D eigenvalue weighted by Gasteiger charge is 2.66. The van der Waals surface area contributed by atoms with Crippen LogP contribution in [0, 0.1) is 11.8 Å². The Morgan fingerprint density at radius 3 is 2.65 bits per heavy atom. The number of hydrogen-bond donors (Lipinski definition) is 0. The van der Waals surface area contributed by atoms with Crippen molar-refractivity contribution >= 4 is 28.3 Å². The second-order valence-electron chi connectivity index (χ2n) is 6.64. The van der Waals surface area contributed by atoms with Crippen molar-refractivity contribution in [2.45, 2.75) is 18.6 Å². The van der Waals surface area contributed by atoms with Gasteiger partial charge in [0, 0.05) is 5.39 Å². The number of benzene rings is 2. The van der Waals surface area contributed by atoms with Crippen molar-refractivity contribution in [3.8, 4) is 0 Å². The van der Waals surface area contributed by atoms with Gasteiger partial charge < -0.3 is 4.74 Å². The average molecular weight is 305 g/mol. The fraction of sp³-hybridized carbons (Fsp3) is 0.263. The molecule has 4 nitrogen and oxygen atoms in total. The highest BCUT2D eigenvalue weighted by molar-refractivity contribution is 6.26. The van der Waals surface area contributed by atoms with Crippen molar-refractivity contribution in [3.63, 3.8) is 0 Å². The molecule has 2 aromatic rings. The fourth-order valence-electron chi connectivity index (χ4n) is 4.29. The largest absolute Gasteiger partial charge is 0.362 e.